The molecule has 3 rings (SSSR count). The number of hydrogen-bond donors (Lipinski definition) is 0. The normalized spacial score (nSPS) is 16.2. The number of thioether (sulfide) groups is 1. The second kappa shape index (κ2) is 6.48. The van der Waals surface area contributed by atoms with Gasteiger partial charge < -0.3 is 0 Å². The van der Waals surface area contributed by atoms with Crippen LogP contribution in [-0.4, -0.2) is 21.0 Å². The third-order valence-corrected chi connectivity index (χ3v) is 4.79. The van der Waals surface area contributed by atoms with E-state index in [1.807, 2.05) is 37.3 Å². The van der Waals surface area contributed by atoms with Crippen molar-refractivity contribution in [3.8, 4) is 0 Å². The van der Waals surface area contributed by atoms with Crippen molar-refractivity contribution in [3.05, 3.63) is 76.2 Å². The first-order valence-electron chi connectivity index (χ1n) is 7.01. The van der Waals surface area contributed by atoms with Crippen LogP contribution in [0.2, 0.25) is 0 Å². The molecule has 0 saturated carbocycles. The molecule has 2 aromatic carbocycles. The first-order valence-corrected chi connectivity index (χ1v) is 8.23. The van der Waals surface area contributed by atoms with E-state index in [1.165, 1.54) is 0 Å². The lowest BCUT2D eigenvalue weighted by atomic mass is 10.1. The molecule has 0 aliphatic carbocycles. The molecular formula is C18H13NO2S2. The van der Waals surface area contributed by atoms with Crippen molar-refractivity contribution in [2.24, 2.45) is 0 Å². The molecule has 5 heteroatoms. The van der Waals surface area contributed by atoms with E-state index in [0.717, 1.165) is 27.8 Å². The van der Waals surface area contributed by atoms with Gasteiger partial charge in [0.1, 0.15) is 0 Å². The van der Waals surface area contributed by atoms with Gasteiger partial charge in [0.15, 0.2) is 4.32 Å². The molecular weight excluding hydrogens is 326 g/mol. The van der Waals surface area contributed by atoms with Gasteiger partial charge in [-0.1, -0.05) is 66.4 Å². The number of carbonyl (C=O) groups excluding carboxylic acids is 2. The van der Waals surface area contributed by atoms with Crippen molar-refractivity contribution >= 4 is 46.2 Å². The van der Waals surface area contributed by atoms with Gasteiger partial charge in [0.25, 0.3) is 11.8 Å². The molecule has 1 fully saturated rings. The molecule has 0 N–H and O–H groups in total. The third kappa shape index (κ3) is 3.11. The number of nitrogens with zero attached hydrogens (tertiary/aromatic N) is 1. The lowest BCUT2D eigenvalue weighted by Crippen LogP contribution is -2.34. The second-order valence-corrected chi connectivity index (χ2v) is 6.72. The van der Waals surface area contributed by atoms with E-state index in [0.29, 0.717) is 10.5 Å². The van der Waals surface area contributed by atoms with Crippen LogP contribution in [0.25, 0.3) is 6.08 Å². The molecule has 114 valence electrons. The summed E-state index contributed by atoms with van der Waals surface area (Å²) < 4.78 is 0.267. The average molecular weight is 339 g/mol. The van der Waals surface area contributed by atoms with E-state index >= 15 is 0 Å². The summed E-state index contributed by atoms with van der Waals surface area (Å²) in [5, 5.41) is 0. The number of carbonyl (C=O) groups is 2. The van der Waals surface area contributed by atoms with E-state index in [4.69, 9.17) is 12.2 Å². The summed E-state index contributed by atoms with van der Waals surface area (Å²) >= 11 is 6.38. The fraction of sp³-hybridized carbons (Fsp3) is 0.0556. The molecule has 1 aliphatic heterocycles. The monoisotopic (exact) mass is 339 g/mol. The van der Waals surface area contributed by atoms with E-state index < -0.39 is 0 Å². The molecule has 0 spiro atoms. The third-order valence-electron chi connectivity index (χ3n) is 3.49. The first-order chi connectivity index (χ1) is 11.1. The van der Waals surface area contributed by atoms with Crippen LogP contribution >= 0.6 is 24.0 Å². The minimum atomic E-state index is -0.388. The highest BCUT2D eigenvalue weighted by Gasteiger charge is 2.37. The summed E-state index contributed by atoms with van der Waals surface area (Å²) in [6, 6.07) is 16.4. The maximum Gasteiger partial charge on any atom is 0.273 e. The highest BCUT2D eigenvalue weighted by molar-refractivity contribution is 8.26. The molecule has 1 aliphatic rings. The van der Waals surface area contributed by atoms with Crippen LogP contribution in [0.1, 0.15) is 21.5 Å². The lowest BCUT2D eigenvalue weighted by Gasteiger charge is -2.12. The van der Waals surface area contributed by atoms with Gasteiger partial charge in [0.05, 0.1) is 4.91 Å². The fourth-order valence-electron chi connectivity index (χ4n) is 2.24. The number of benzene rings is 2. The first kappa shape index (κ1) is 15.6. The molecule has 2 aromatic rings. The summed E-state index contributed by atoms with van der Waals surface area (Å²) in [6.45, 7) is 1.97. The number of rotatable bonds is 2. The Labute approximate surface area is 144 Å². The Kier molecular flexibility index (Phi) is 4.41. The Morgan fingerprint density at radius 3 is 2.43 bits per heavy atom. The Morgan fingerprint density at radius 1 is 1.09 bits per heavy atom. The summed E-state index contributed by atoms with van der Waals surface area (Å²) in [6.07, 6.45) is 1.78. The van der Waals surface area contributed by atoms with Crippen molar-refractivity contribution in [2.45, 2.75) is 6.92 Å². The smallest absolute Gasteiger partial charge is 0.268 e. The van der Waals surface area contributed by atoms with Gasteiger partial charge in [0, 0.05) is 5.56 Å². The SMILES string of the molecule is Cc1ccccc1C=C1SC(=S)N(C(=O)c2ccccc2)C1=O. The molecule has 1 heterocycles. The van der Waals surface area contributed by atoms with Gasteiger partial charge in [0.2, 0.25) is 0 Å². The van der Waals surface area contributed by atoms with Gasteiger partial charge in [-0.2, -0.15) is 0 Å². The van der Waals surface area contributed by atoms with Crippen LogP contribution in [-0.2, 0) is 4.79 Å². The zero-order valence-electron chi connectivity index (χ0n) is 12.4. The van der Waals surface area contributed by atoms with Gasteiger partial charge in [-0.15, -0.1) is 0 Å². The number of hydrogen-bond acceptors (Lipinski definition) is 4. The summed E-state index contributed by atoms with van der Waals surface area (Å²) in [5.74, 6) is -0.751. The molecule has 2 amide bonds. The Hall–Kier alpha value is -2.24. The van der Waals surface area contributed by atoms with E-state index in [1.54, 1.807) is 30.3 Å². The van der Waals surface area contributed by atoms with Crippen molar-refractivity contribution in [3.63, 3.8) is 0 Å². The number of aryl methyl sites for hydroxylation is 1. The van der Waals surface area contributed by atoms with Crippen molar-refractivity contribution in [1.82, 2.24) is 4.90 Å². The van der Waals surface area contributed by atoms with Crippen LogP contribution in [0.5, 0.6) is 0 Å². The zero-order chi connectivity index (χ0) is 16.4. The highest BCUT2D eigenvalue weighted by Crippen LogP contribution is 2.33. The number of thiocarbonyl (C=S) groups is 1. The predicted octanol–water partition coefficient (Wildman–Crippen LogP) is 4.04. The quantitative estimate of drug-likeness (QED) is 0.470. The van der Waals surface area contributed by atoms with Crippen LogP contribution < -0.4 is 0 Å². The minimum absolute atomic E-state index is 0.267. The van der Waals surface area contributed by atoms with Crippen molar-refractivity contribution in [2.75, 3.05) is 0 Å². The molecule has 0 bridgehead atoms. The summed E-state index contributed by atoms with van der Waals surface area (Å²) in [7, 11) is 0. The van der Waals surface area contributed by atoms with Crippen molar-refractivity contribution in [1.29, 1.82) is 0 Å². The van der Waals surface area contributed by atoms with Gasteiger partial charge in [-0.05, 0) is 36.3 Å². The second-order valence-electron chi connectivity index (χ2n) is 5.04. The maximum absolute atomic E-state index is 12.6. The molecule has 3 nitrogen and oxygen atoms in total. The van der Waals surface area contributed by atoms with Crippen LogP contribution in [0.3, 0.4) is 0 Å². The van der Waals surface area contributed by atoms with Gasteiger partial charge in [-0.3, -0.25) is 9.59 Å². The molecule has 0 radical (unpaired) electrons. The fourth-order valence-corrected chi connectivity index (χ4v) is 3.49. The van der Waals surface area contributed by atoms with Crippen molar-refractivity contribution < 1.29 is 9.59 Å². The maximum atomic E-state index is 12.6. The summed E-state index contributed by atoms with van der Waals surface area (Å²) in [4.78, 5) is 26.6. The lowest BCUT2D eigenvalue weighted by molar-refractivity contribution is -0.120. The van der Waals surface area contributed by atoms with E-state index in [-0.39, 0.29) is 16.1 Å². The molecule has 0 atom stereocenters. The van der Waals surface area contributed by atoms with Crippen LogP contribution in [0.4, 0.5) is 0 Å². The zero-order valence-corrected chi connectivity index (χ0v) is 14.0. The Balaban J connectivity index is 1.92. The topological polar surface area (TPSA) is 37.4 Å². The number of imide groups is 1. The van der Waals surface area contributed by atoms with E-state index in [2.05, 4.69) is 0 Å². The van der Waals surface area contributed by atoms with Gasteiger partial charge >= 0.3 is 0 Å². The molecule has 0 unspecified atom stereocenters. The largest absolute Gasteiger partial charge is 0.273 e. The minimum Gasteiger partial charge on any atom is -0.268 e. The molecule has 23 heavy (non-hydrogen) atoms. The molecule has 1 saturated heterocycles. The summed E-state index contributed by atoms with van der Waals surface area (Å²) in [5.41, 5.74) is 2.45. The van der Waals surface area contributed by atoms with Gasteiger partial charge in [-0.25, -0.2) is 4.90 Å². The number of amides is 2. The van der Waals surface area contributed by atoms with Crippen LogP contribution in [0.15, 0.2) is 59.5 Å². The van der Waals surface area contributed by atoms with E-state index in [9.17, 15) is 9.59 Å². The average Bonchev–Trinajstić information content (AvgIpc) is 2.84. The standard InChI is InChI=1S/C18H13NO2S2/c1-12-7-5-6-10-14(12)11-15-17(21)19(18(22)23-15)16(20)13-8-3-2-4-9-13/h2-11H,1H3. The Morgan fingerprint density at radius 2 is 1.74 bits per heavy atom. The Bertz CT molecular complexity index is 828. The highest BCUT2D eigenvalue weighted by atomic mass is 32.2. The van der Waals surface area contributed by atoms with Crippen LogP contribution in [0, 0.1) is 6.92 Å². The predicted molar refractivity (Wildman–Crippen MR) is 97.0 cm³/mol. The molecule has 0 aromatic heterocycles.